The monoisotopic (exact) mass is 381 g/mol. The first-order valence-corrected chi connectivity index (χ1v) is 9.11. The van der Waals surface area contributed by atoms with Crippen molar-refractivity contribution in [2.75, 3.05) is 25.2 Å². The lowest BCUT2D eigenvalue weighted by atomic mass is 10.1. The number of nitrogens with zero attached hydrogens (tertiary/aromatic N) is 2. The molecule has 0 radical (unpaired) electrons. The first-order valence-electron chi connectivity index (χ1n) is 9.11. The molecule has 28 heavy (non-hydrogen) atoms. The topological polar surface area (TPSA) is 80.2 Å². The van der Waals surface area contributed by atoms with Crippen molar-refractivity contribution in [2.45, 2.75) is 13.3 Å². The molecule has 2 aromatic carbocycles. The van der Waals surface area contributed by atoms with Gasteiger partial charge >= 0.3 is 0 Å². The van der Waals surface area contributed by atoms with Gasteiger partial charge in [-0.3, -0.25) is 9.59 Å². The maximum Gasteiger partial charge on any atom is 0.245 e. The summed E-state index contributed by atoms with van der Waals surface area (Å²) in [5.74, 6) is 0.593. The third-order valence-corrected chi connectivity index (χ3v) is 4.47. The Bertz CT molecular complexity index is 864. The highest BCUT2D eigenvalue weighted by molar-refractivity contribution is 6.00. The average molecular weight is 381 g/mol. The summed E-state index contributed by atoms with van der Waals surface area (Å²) in [6, 6.07) is 14.6. The highest BCUT2D eigenvalue weighted by Gasteiger charge is 2.35. The number of methoxy groups -OCH3 is 1. The third kappa shape index (κ3) is 4.49. The number of anilines is 1. The third-order valence-electron chi connectivity index (χ3n) is 4.47. The lowest BCUT2D eigenvalue weighted by Crippen LogP contribution is -2.30. The fourth-order valence-corrected chi connectivity index (χ4v) is 3.05. The second kappa shape index (κ2) is 9.03. The highest BCUT2D eigenvalue weighted by atomic mass is 16.5. The van der Waals surface area contributed by atoms with E-state index in [1.165, 1.54) is 6.21 Å². The Kier molecular flexibility index (Phi) is 6.26. The molecule has 3 rings (SSSR count). The number of hydrazone groups is 1. The Morgan fingerprint density at radius 2 is 2.00 bits per heavy atom. The largest absolute Gasteiger partial charge is 0.496 e. The van der Waals surface area contributed by atoms with Crippen molar-refractivity contribution < 1.29 is 19.1 Å². The standard InChI is InChI=1S/C21H23N3O4/c1-3-28-18-10-8-17(9-11-18)24-14-16(12-20(24)25)21(26)23-22-13-15-6-4-5-7-19(15)27-2/h4-11,13,16H,3,12,14H2,1-2H3,(H,23,26)/b22-13-/t16-/m0/s1. The quantitative estimate of drug-likeness (QED) is 0.591. The van der Waals surface area contributed by atoms with Gasteiger partial charge in [-0.25, -0.2) is 5.43 Å². The molecule has 2 aromatic rings. The Hall–Kier alpha value is -3.35. The minimum absolute atomic E-state index is 0.0852. The van der Waals surface area contributed by atoms with Crippen LogP contribution in [0, 0.1) is 5.92 Å². The van der Waals surface area contributed by atoms with Crippen molar-refractivity contribution in [2.24, 2.45) is 11.0 Å². The van der Waals surface area contributed by atoms with Crippen LogP contribution in [0.3, 0.4) is 0 Å². The summed E-state index contributed by atoms with van der Waals surface area (Å²) >= 11 is 0. The molecule has 1 aliphatic rings. The van der Waals surface area contributed by atoms with Crippen LogP contribution in [0.25, 0.3) is 0 Å². The van der Waals surface area contributed by atoms with Gasteiger partial charge in [0.05, 0.1) is 25.8 Å². The van der Waals surface area contributed by atoms with E-state index in [0.717, 1.165) is 17.0 Å². The van der Waals surface area contributed by atoms with Crippen LogP contribution in [0.1, 0.15) is 18.9 Å². The molecule has 1 N–H and O–H groups in total. The number of carbonyl (C=O) groups is 2. The van der Waals surface area contributed by atoms with Crippen molar-refractivity contribution in [1.82, 2.24) is 5.43 Å². The molecule has 2 amide bonds. The molecule has 7 nitrogen and oxygen atoms in total. The molecule has 1 heterocycles. The van der Waals surface area contributed by atoms with Gasteiger partial charge in [0.25, 0.3) is 0 Å². The summed E-state index contributed by atoms with van der Waals surface area (Å²) < 4.78 is 10.7. The molecule has 0 aliphatic carbocycles. The molecule has 0 spiro atoms. The number of nitrogens with one attached hydrogen (secondary N) is 1. The van der Waals surface area contributed by atoms with Crippen LogP contribution in [0.15, 0.2) is 53.6 Å². The summed E-state index contributed by atoms with van der Waals surface area (Å²) in [5.41, 5.74) is 4.02. The second-order valence-corrected chi connectivity index (χ2v) is 6.31. The zero-order chi connectivity index (χ0) is 19.9. The van der Waals surface area contributed by atoms with Gasteiger partial charge in [0.15, 0.2) is 0 Å². The fourth-order valence-electron chi connectivity index (χ4n) is 3.05. The van der Waals surface area contributed by atoms with Crippen LogP contribution < -0.4 is 19.8 Å². The first kappa shape index (κ1) is 19.4. The lowest BCUT2D eigenvalue weighted by Gasteiger charge is -2.17. The van der Waals surface area contributed by atoms with Gasteiger partial charge in [-0.05, 0) is 43.3 Å². The highest BCUT2D eigenvalue weighted by Crippen LogP contribution is 2.27. The number of hydrogen-bond acceptors (Lipinski definition) is 5. The second-order valence-electron chi connectivity index (χ2n) is 6.31. The van der Waals surface area contributed by atoms with Crippen LogP contribution in [0.2, 0.25) is 0 Å². The van der Waals surface area contributed by atoms with Crippen molar-refractivity contribution in [1.29, 1.82) is 0 Å². The minimum atomic E-state index is -0.450. The van der Waals surface area contributed by atoms with Crippen LogP contribution >= 0.6 is 0 Å². The Morgan fingerprint density at radius 1 is 1.25 bits per heavy atom. The molecule has 0 saturated carbocycles. The van der Waals surface area contributed by atoms with Gasteiger partial charge < -0.3 is 14.4 Å². The van der Waals surface area contributed by atoms with Crippen molar-refractivity contribution in [3.8, 4) is 11.5 Å². The Morgan fingerprint density at radius 3 is 2.71 bits per heavy atom. The SMILES string of the molecule is CCOc1ccc(N2C[C@@H](C(=O)N/N=C\c3ccccc3OC)CC2=O)cc1. The smallest absolute Gasteiger partial charge is 0.245 e. The number of rotatable bonds is 7. The molecule has 0 bridgehead atoms. The molecular weight excluding hydrogens is 358 g/mol. The summed E-state index contributed by atoms with van der Waals surface area (Å²) in [5, 5.41) is 4.00. The van der Waals surface area contributed by atoms with E-state index in [-0.39, 0.29) is 18.2 Å². The normalized spacial score (nSPS) is 16.4. The van der Waals surface area contributed by atoms with Crippen LogP contribution in [-0.2, 0) is 9.59 Å². The average Bonchev–Trinajstić information content (AvgIpc) is 3.11. The van der Waals surface area contributed by atoms with E-state index in [4.69, 9.17) is 9.47 Å². The summed E-state index contributed by atoms with van der Waals surface area (Å²) in [6.07, 6.45) is 1.68. The molecule has 1 saturated heterocycles. The van der Waals surface area contributed by atoms with E-state index in [1.54, 1.807) is 12.0 Å². The van der Waals surface area contributed by atoms with Crippen molar-refractivity contribution >= 4 is 23.7 Å². The first-order chi connectivity index (χ1) is 13.6. The summed E-state index contributed by atoms with van der Waals surface area (Å²) in [4.78, 5) is 26.4. The van der Waals surface area contributed by atoms with Crippen molar-refractivity contribution in [3.05, 3.63) is 54.1 Å². The van der Waals surface area contributed by atoms with Gasteiger partial charge in [-0.15, -0.1) is 0 Å². The molecular formula is C21H23N3O4. The number of hydrogen-bond donors (Lipinski definition) is 1. The zero-order valence-corrected chi connectivity index (χ0v) is 15.9. The van der Waals surface area contributed by atoms with Gasteiger partial charge in [-0.1, -0.05) is 12.1 Å². The van der Waals surface area contributed by atoms with Crippen LogP contribution in [0.5, 0.6) is 11.5 Å². The molecule has 0 aromatic heterocycles. The van der Waals surface area contributed by atoms with E-state index in [0.29, 0.717) is 18.9 Å². The molecule has 146 valence electrons. The predicted octanol–water partition coefficient (Wildman–Crippen LogP) is 2.60. The number of amides is 2. The number of para-hydroxylation sites is 1. The minimum Gasteiger partial charge on any atom is -0.496 e. The van der Waals surface area contributed by atoms with Gasteiger partial charge in [0, 0.05) is 24.2 Å². The lowest BCUT2D eigenvalue weighted by molar-refractivity contribution is -0.126. The predicted molar refractivity (Wildman–Crippen MR) is 107 cm³/mol. The molecule has 1 aliphatic heterocycles. The van der Waals surface area contributed by atoms with Crippen molar-refractivity contribution in [3.63, 3.8) is 0 Å². The van der Waals surface area contributed by atoms with E-state index in [1.807, 2.05) is 55.5 Å². The maximum atomic E-state index is 12.4. The van der Waals surface area contributed by atoms with E-state index in [2.05, 4.69) is 10.5 Å². The van der Waals surface area contributed by atoms with E-state index in [9.17, 15) is 9.59 Å². The Balaban J connectivity index is 1.59. The molecule has 1 fully saturated rings. The van der Waals surface area contributed by atoms with Gasteiger partial charge in [-0.2, -0.15) is 5.10 Å². The van der Waals surface area contributed by atoms with E-state index < -0.39 is 5.92 Å². The number of benzene rings is 2. The summed E-state index contributed by atoms with van der Waals surface area (Å²) in [6.45, 7) is 2.82. The van der Waals surface area contributed by atoms with Crippen LogP contribution in [0.4, 0.5) is 5.69 Å². The molecule has 7 heteroatoms. The number of ether oxygens (including phenoxy) is 2. The maximum absolute atomic E-state index is 12.4. The summed E-state index contributed by atoms with van der Waals surface area (Å²) in [7, 11) is 1.57. The molecule has 1 atom stereocenters. The molecule has 0 unspecified atom stereocenters. The van der Waals surface area contributed by atoms with Gasteiger partial charge in [0.2, 0.25) is 11.8 Å². The Labute approximate surface area is 163 Å². The van der Waals surface area contributed by atoms with Crippen LogP contribution in [-0.4, -0.2) is 38.3 Å². The van der Waals surface area contributed by atoms with Gasteiger partial charge in [0.1, 0.15) is 11.5 Å². The zero-order valence-electron chi connectivity index (χ0n) is 15.9. The fraction of sp³-hybridized carbons (Fsp3) is 0.286. The number of carbonyl (C=O) groups excluding carboxylic acids is 2. The van der Waals surface area contributed by atoms with E-state index >= 15 is 0 Å².